The van der Waals surface area contributed by atoms with E-state index >= 15 is 0 Å². The first-order valence-electron chi connectivity index (χ1n) is 8.84. The Labute approximate surface area is 159 Å². The van der Waals surface area contributed by atoms with Crippen LogP contribution in [0.15, 0.2) is 28.8 Å². The van der Waals surface area contributed by atoms with Crippen LogP contribution in [0.1, 0.15) is 37.0 Å². The Hall–Kier alpha value is -2.62. The van der Waals surface area contributed by atoms with E-state index < -0.39 is 17.8 Å². The van der Waals surface area contributed by atoms with Crippen molar-refractivity contribution >= 4 is 5.91 Å². The highest BCUT2D eigenvalue weighted by molar-refractivity contribution is 5.76. The van der Waals surface area contributed by atoms with Gasteiger partial charge in [-0.05, 0) is 24.6 Å². The van der Waals surface area contributed by atoms with Crippen LogP contribution < -0.4 is 10.1 Å². The van der Waals surface area contributed by atoms with Gasteiger partial charge in [-0.2, -0.15) is 18.2 Å². The molecule has 0 radical (unpaired) electrons. The van der Waals surface area contributed by atoms with E-state index in [4.69, 9.17) is 9.26 Å². The number of ether oxygens (including phenoxy) is 1. The lowest BCUT2D eigenvalue weighted by Gasteiger charge is -2.14. The molecule has 28 heavy (non-hydrogen) atoms. The van der Waals surface area contributed by atoms with Gasteiger partial charge in [0.15, 0.2) is 5.82 Å². The summed E-state index contributed by atoms with van der Waals surface area (Å²) in [5.74, 6) is 0.625. The monoisotopic (exact) mass is 401 g/mol. The van der Waals surface area contributed by atoms with Crippen molar-refractivity contribution in [2.45, 2.75) is 44.9 Å². The molecule has 7 nitrogen and oxygen atoms in total. The lowest BCUT2D eigenvalue weighted by Crippen LogP contribution is -2.35. The summed E-state index contributed by atoms with van der Waals surface area (Å²) in [5, 5.41) is 16.1. The predicted molar refractivity (Wildman–Crippen MR) is 92.6 cm³/mol. The van der Waals surface area contributed by atoms with Crippen LogP contribution in [0.25, 0.3) is 0 Å². The molecule has 1 aromatic carbocycles. The molecular formula is C18H22F3N3O4. The van der Waals surface area contributed by atoms with Crippen LogP contribution in [0.3, 0.4) is 0 Å². The highest BCUT2D eigenvalue weighted by Crippen LogP contribution is 2.31. The van der Waals surface area contributed by atoms with Gasteiger partial charge in [0, 0.05) is 25.8 Å². The number of rotatable bonds is 10. The average Bonchev–Trinajstić information content (AvgIpc) is 3.10. The van der Waals surface area contributed by atoms with Crippen LogP contribution in [0.2, 0.25) is 0 Å². The van der Waals surface area contributed by atoms with Crippen molar-refractivity contribution < 1.29 is 32.3 Å². The summed E-state index contributed by atoms with van der Waals surface area (Å²) in [7, 11) is 0. The van der Waals surface area contributed by atoms with Crippen LogP contribution in [-0.2, 0) is 23.8 Å². The summed E-state index contributed by atoms with van der Waals surface area (Å²) in [6.07, 6.45) is -3.57. The second-order valence-corrected chi connectivity index (χ2v) is 6.15. The zero-order chi connectivity index (χ0) is 20.6. The van der Waals surface area contributed by atoms with Crippen molar-refractivity contribution in [3.63, 3.8) is 0 Å². The molecule has 0 aliphatic rings. The van der Waals surface area contributed by atoms with Gasteiger partial charge >= 0.3 is 6.18 Å². The molecule has 0 saturated heterocycles. The fraction of sp³-hybridized carbons (Fsp3) is 0.500. The standard InChI is InChI=1S/C18H22F3N3O4/c1-2-4-15-23-17(28-24-15)8-7-16(26)22-10-13(25)11-27-14-6-3-5-12(9-14)18(19,20)21/h3,5-6,9,13,25H,2,4,7-8,10-11H2,1H3,(H,22,26). The Morgan fingerprint density at radius 3 is 2.86 bits per heavy atom. The maximum atomic E-state index is 12.6. The van der Waals surface area contributed by atoms with E-state index in [1.165, 1.54) is 12.1 Å². The number of alkyl halides is 3. The van der Waals surface area contributed by atoms with E-state index in [0.29, 0.717) is 18.1 Å². The number of aromatic nitrogens is 2. The summed E-state index contributed by atoms with van der Waals surface area (Å²) in [6.45, 7) is 1.64. The van der Waals surface area contributed by atoms with Crippen molar-refractivity contribution in [2.75, 3.05) is 13.2 Å². The molecule has 0 aliphatic carbocycles. The maximum Gasteiger partial charge on any atom is 0.416 e. The fourth-order valence-corrected chi connectivity index (χ4v) is 2.27. The normalized spacial score (nSPS) is 12.6. The topological polar surface area (TPSA) is 97.5 Å². The summed E-state index contributed by atoms with van der Waals surface area (Å²) < 4.78 is 48.1. The smallest absolute Gasteiger partial charge is 0.416 e. The Morgan fingerprint density at radius 2 is 2.14 bits per heavy atom. The van der Waals surface area contributed by atoms with Crippen LogP contribution in [0, 0.1) is 0 Å². The SMILES string of the molecule is CCCc1noc(CCC(=O)NCC(O)COc2cccc(C(F)(F)F)c2)n1. The number of hydrogen-bond acceptors (Lipinski definition) is 6. The van der Waals surface area contributed by atoms with E-state index in [9.17, 15) is 23.1 Å². The van der Waals surface area contributed by atoms with E-state index in [1.54, 1.807) is 0 Å². The number of amides is 1. The van der Waals surface area contributed by atoms with Gasteiger partial charge in [-0.15, -0.1) is 0 Å². The molecule has 2 N–H and O–H groups in total. The van der Waals surface area contributed by atoms with Crippen LogP contribution in [0.4, 0.5) is 13.2 Å². The zero-order valence-electron chi connectivity index (χ0n) is 15.3. The molecule has 1 heterocycles. The molecule has 10 heteroatoms. The second kappa shape index (κ2) is 10.1. The summed E-state index contributed by atoms with van der Waals surface area (Å²) in [5.41, 5.74) is -0.837. The van der Waals surface area contributed by atoms with Crippen molar-refractivity contribution in [3.8, 4) is 5.75 Å². The van der Waals surface area contributed by atoms with Gasteiger partial charge in [0.1, 0.15) is 18.5 Å². The van der Waals surface area contributed by atoms with Gasteiger partial charge in [-0.25, -0.2) is 0 Å². The minimum atomic E-state index is -4.47. The fourth-order valence-electron chi connectivity index (χ4n) is 2.27. The Balaban J connectivity index is 1.68. The third-order valence-corrected chi connectivity index (χ3v) is 3.69. The van der Waals surface area contributed by atoms with Gasteiger partial charge < -0.3 is 19.7 Å². The molecule has 1 atom stereocenters. The average molecular weight is 401 g/mol. The van der Waals surface area contributed by atoms with Crippen LogP contribution >= 0.6 is 0 Å². The molecule has 2 rings (SSSR count). The Morgan fingerprint density at radius 1 is 1.36 bits per heavy atom. The highest BCUT2D eigenvalue weighted by Gasteiger charge is 2.30. The van der Waals surface area contributed by atoms with E-state index in [2.05, 4.69) is 15.5 Å². The van der Waals surface area contributed by atoms with Crippen molar-refractivity contribution in [2.24, 2.45) is 0 Å². The van der Waals surface area contributed by atoms with Crippen LogP contribution in [-0.4, -0.2) is 40.4 Å². The maximum absolute atomic E-state index is 12.6. The molecule has 1 amide bonds. The number of aliphatic hydroxyl groups excluding tert-OH is 1. The summed E-state index contributed by atoms with van der Waals surface area (Å²) >= 11 is 0. The molecule has 0 spiro atoms. The quantitative estimate of drug-likeness (QED) is 0.635. The van der Waals surface area contributed by atoms with E-state index in [-0.39, 0.29) is 37.6 Å². The zero-order valence-corrected chi connectivity index (χ0v) is 15.3. The second-order valence-electron chi connectivity index (χ2n) is 6.15. The first-order valence-corrected chi connectivity index (χ1v) is 8.84. The van der Waals surface area contributed by atoms with E-state index in [0.717, 1.165) is 18.6 Å². The number of nitrogens with zero attached hydrogens (tertiary/aromatic N) is 2. The van der Waals surface area contributed by atoms with Gasteiger partial charge in [0.25, 0.3) is 0 Å². The third kappa shape index (κ3) is 7.18. The number of halogens is 3. The molecule has 154 valence electrons. The Kier molecular flexibility index (Phi) is 7.80. The number of aliphatic hydroxyl groups is 1. The number of nitrogens with one attached hydrogen (secondary N) is 1. The molecule has 1 unspecified atom stereocenters. The summed E-state index contributed by atoms with van der Waals surface area (Å²) in [6, 6.07) is 4.36. The molecule has 0 aliphatic heterocycles. The number of hydrogen-bond donors (Lipinski definition) is 2. The van der Waals surface area contributed by atoms with Crippen LogP contribution in [0.5, 0.6) is 5.75 Å². The summed E-state index contributed by atoms with van der Waals surface area (Å²) in [4.78, 5) is 16.0. The molecule has 0 saturated carbocycles. The minimum Gasteiger partial charge on any atom is -0.491 e. The van der Waals surface area contributed by atoms with E-state index in [1.807, 2.05) is 6.92 Å². The largest absolute Gasteiger partial charge is 0.491 e. The first kappa shape index (κ1) is 21.7. The molecule has 2 aromatic rings. The lowest BCUT2D eigenvalue weighted by atomic mass is 10.2. The molecule has 0 fully saturated rings. The van der Waals surface area contributed by atoms with Crippen molar-refractivity contribution in [3.05, 3.63) is 41.5 Å². The number of carbonyl (C=O) groups is 1. The molecular weight excluding hydrogens is 379 g/mol. The van der Waals surface area contributed by atoms with Crippen molar-refractivity contribution in [1.29, 1.82) is 0 Å². The predicted octanol–water partition coefficient (Wildman–Crippen LogP) is 2.53. The third-order valence-electron chi connectivity index (χ3n) is 3.69. The highest BCUT2D eigenvalue weighted by atomic mass is 19.4. The molecule has 0 bridgehead atoms. The number of aryl methyl sites for hydroxylation is 2. The minimum absolute atomic E-state index is 0.0144. The van der Waals surface area contributed by atoms with Crippen molar-refractivity contribution in [1.82, 2.24) is 15.5 Å². The first-order chi connectivity index (χ1) is 13.3. The van der Waals surface area contributed by atoms with Gasteiger partial charge in [0.2, 0.25) is 11.8 Å². The van der Waals surface area contributed by atoms with Gasteiger partial charge in [0.05, 0.1) is 5.56 Å². The lowest BCUT2D eigenvalue weighted by molar-refractivity contribution is -0.137. The molecule has 1 aromatic heterocycles. The number of benzene rings is 1. The number of carbonyl (C=O) groups excluding carboxylic acids is 1. The van der Waals surface area contributed by atoms with Gasteiger partial charge in [-0.1, -0.05) is 18.1 Å². The van der Waals surface area contributed by atoms with Gasteiger partial charge in [-0.3, -0.25) is 4.79 Å². The Bertz CT molecular complexity index is 765.